The van der Waals surface area contributed by atoms with E-state index in [1.54, 1.807) is 0 Å². The standard InChI is InChI=1S/2C16H28O4.2CH3.Sn/c2*1-2-3-4-5-6-7-8-9-10-11-14-20-16(19)13-12-15(17)18;;;/h2*12-13H,2-11,14H2,1H3,(H,17,18);2*1H3;/q;;;;+2/p-2/b2*13-12-;;;. The van der Waals surface area contributed by atoms with Crippen molar-refractivity contribution < 1.29 is 38.9 Å². The number of rotatable bonds is 26. The van der Waals surface area contributed by atoms with Gasteiger partial charge in [-0.1, -0.05) is 129 Å². The van der Waals surface area contributed by atoms with E-state index in [0.717, 1.165) is 37.8 Å². The van der Waals surface area contributed by atoms with E-state index < -0.39 is 23.9 Å². The van der Waals surface area contributed by atoms with Crippen LogP contribution in [0.25, 0.3) is 0 Å². The summed E-state index contributed by atoms with van der Waals surface area (Å²) < 4.78 is 9.70. The fraction of sp³-hybridized carbons (Fsp3) is 0.765. The molecule has 0 atom stereocenters. The molecule has 0 radical (unpaired) electrons. The zero-order valence-corrected chi connectivity index (χ0v) is 30.5. The Balaban J connectivity index is -0.000000681. The molecule has 0 amide bonds. The van der Waals surface area contributed by atoms with Crippen LogP contribution in [0.2, 0.25) is 9.88 Å². The maximum atomic E-state index is 11.0. The molecule has 0 aliphatic heterocycles. The van der Waals surface area contributed by atoms with E-state index in [2.05, 4.69) is 23.7 Å². The van der Waals surface area contributed by atoms with Gasteiger partial charge in [0.2, 0.25) is 0 Å². The number of esters is 2. The van der Waals surface area contributed by atoms with E-state index in [4.69, 9.17) is 9.47 Å². The van der Waals surface area contributed by atoms with E-state index in [-0.39, 0.29) is 21.1 Å². The number of carbonyl (C=O) groups excluding carboxylic acids is 4. The first kappa shape index (κ1) is 45.6. The summed E-state index contributed by atoms with van der Waals surface area (Å²) in [6.07, 6.45) is 27.6. The third-order valence-corrected chi connectivity index (χ3v) is 6.20. The quantitative estimate of drug-likeness (QED) is 0.0441. The second kappa shape index (κ2) is 40.2. The molecule has 0 N–H and O–H groups in total. The molecule has 9 heteroatoms. The Morgan fingerprint density at radius 1 is 0.465 bits per heavy atom. The predicted molar refractivity (Wildman–Crippen MR) is 171 cm³/mol. The van der Waals surface area contributed by atoms with Crippen molar-refractivity contribution in [2.45, 2.75) is 152 Å². The van der Waals surface area contributed by atoms with Gasteiger partial charge in [0.15, 0.2) is 0 Å². The zero-order chi connectivity index (χ0) is 32.8. The van der Waals surface area contributed by atoms with Crippen LogP contribution < -0.4 is 10.2 Å². The van der Waals surface area contributed by atoms with Gasteiger partial charge in [-0.3, -0.25) is 0 Å². The van der Waals surface area contributed by atoms with Crippen molar-refractivity contribution in [3.8, 4) is 0 Å². The Labute approximate surface area is 272 Å². The first-order chi connectivity index (χ1) is 20.7. The van der Waals surface area contributed by atoms with E-state index in [1.807, 2.05) is 0 Å². The molecule has 0 aromatic heterocycles. The molecule has 0 aromatic rings. The third-order valence-electron chi connectivity index (χ3n) is 6.20. The number of aliphatic carboxylic acids is 2. The number of hydrogen-bond acceptors (Lipinski definition) is 8. The van der Waals surface area contributed by atoms with Gasteiger partial charge in [0, 0.05) is 12.2 Å². The van der Waals surface area contributed by atoms with Gasteiger partial charge in [-0.2, -0.15) is 0 Å². The van der Waals surface area contributed by atoms with Gasteiger partial charge in [-0.25, -0.2) is 9.59 Å². The topological polar surface area (TPSA) is 133 Å². The summed E-state index contributed by atoms with van der Waals surface area (Å²) in [5, 5.41) is 20.1. The van der Waals surface area contributed by atoms with Crippen LogP contribution in [0.1, 0.15) is 142 Å². The molecule has 0 bridgehead atoms. The number of carboxylic acids is 2. The van der Waals surface area contributed by atoms with Crippen molar-refractivity contribution in [2.75, 3.05) is 13.2 Å². The normalized spacial score (nSPS) is 10.3. The van der Waals surface area contributed by atoms with Crippen molar-refractivity contribution in [1.82, 2.24) is 0 Å². The van der Waals surface area contributed by atoms with Crippen molar-refractivity contribution in [3.05, 3.63) is 24.3 Å². The molecule has 0 spiro atoms. The minimum atomic E-state index is -1.39. The molecule has 0 fully saturated rings. The summed E-state index contributed by atoms with van der Waals surface area (Å²) in [5.41, 5.74) is 0. The van der Waals surface area contributed by atoms with Gasteiger partial charge >= 0.3 is 43.0 Å². The summed E-state index contributed by atoms with van der Waals surface area (Å²) in [7, 11) is 0. The average molecular weight is 716 g/mol. The Morgan fingerprint density at radius 2 is 0.698 bits per heavy atom. The summed E-state index contributed by atoms with van der Waals surface area (Å²) in [6.45, 7) is 5.15. The molecule has 0 unspecified atom stereocenters. The van der Waals surface area contributed by atoms with Crippen LogP contribution in [-0.4, -0.2) is 58.2 Å². The van der Waals surface area contributed by atoms with Crippen LogP contribution in [0, 0.1) is 0 Å². The molecule has 248 valence electrons. The van der Waals surface area contributed by atoms with Gasteiger partial charge in [0.1, 0.15) is 0 Å². The number of ether oxygens (including phenoxy) is 2. The van der Waals surface area contributed by atoms with Crippen LogP contribution in [0.3, 0.4) is 0 Å². The first-order valence-electron chi connectivity index (χ1n) is 16.4. The van der Waals surface area contributed by atoms with Crippen LogP contribution in [0.4, 0.5) is 0 Å². The summed E-state index contributed by atoms with van der Waals surface area (Å²) in [4.78, 5) is 46.7. The van der Waals surface area contributed by atoms with Crippen LogP contribution in [0.5, 0.6) is 0 Å². The average Bonchev–Trinajstić information content (AvgIpc) is 2.97. The number of carbonyl (C=O) groups is 4. The van der Waals surface area contributed by atoms with Gasteiger partial charge < -0.3 is 29.3 Å². The fourth-order valence-corrected chi connectivity index (χ4v) is 3.89. The molecular formula is C34H60O8Sn. The molecule has 0 rings (SSSR count). The molecular weight excluding hydrogens is 655 g/mol. The van der Waals surface area contributed by atoms with Gasteiger partial charge in [-0.05, 0) is 25.0 Å². The number of unbranched alkanes of at least 4 members (excludes halogenated alkanes) is 18. The monoisotopic (exact) mass is 716 g/mol. The van der Waals surface area contributed by atoms with Gasteiger partial charge in [0.05, 0.1) is 25.2 Å². The molecule has 43 heavy (non-hydrogen) atoms. The van der Waals surface area contributed by atoms with E-state index in [1.165, 1.54) is 103 Å². The van der Waals surface area contributed by atoms with E-state index in [0.29, 0.717) is 25.4 Å². The zero-order valence-electron chi connectivity index (χ0n) is 27.6. The first-order valence-corrected chi connectivity index (χ1v) is 22.2. The van der Waals surface area contributed by atoms with Gasteiger partial charge in [0.25, 0.3) is 0 Å². The van der Waals surface area contributed by atoms with Crippen molar-refractivity contribution in [2.24, 2.45) is 0 Å². The summed E-state index contributed by atoms with van der Waals surface area (Å²) in [6, 6.07) is 0. The molecule has 0 saturated heterocycles. The van der Waals surface area contributed by atoms with Gasteiger partial charge in [-0.15, -0.1) is 0 Å². The van der Waals surface area contributed by atoms with E-state index >= 15 is 0 Å². The Bertz CT molecular complexity index is 649. The van der Waals surface area contributed by atoms with Crippen molar-refractivity contribution in [3.63, 3.8) is 0 Å². The molecule has 0 aliphatic carbocycles. The van der Waals surface area contributed by atoms with Crippen LogP contribution >= 0.6 is 0 Å². The van der Waals surface area contributed by atoms with Crippen molar-refractivity contribution in [1.29, 1.82) is 0 Å². The maximum absolute atomic E-state index is 11.0. The Kier molecular flexibility index (Phi) is 42.6. The van der Waals surface area contributed by atoms with Crippen molar-refractivity contribution >= 4 is 45.0 Å². The van der Waals surface area contributed by atoms with Crippen LogP contribution in [-0.2, 0) is 28.7 Å². The van der Waals surface area contributed by atoms with Crippen LogP contribution in [0.15, 0.2) is 24.3 Å². The van der Waals surface area contributed by atoms with E-state index in [9.17, 15) is 29.4 Å². The number of hydrogen-bond donors (Lipinski definition) is 0. The fourth-order valence-electron chi connectivity index (χ4n) is 3.89. The summed E-state index contributed by atoms with van der Waals surface area (Å²) in [5.74, 6) is -4.02. The number of carboxylic acid groups (broad SMARTS) is 2. The molecule has 0 aromatic carbocycles. The second-order valence-corrected chi connectivity index (χ2v) is 13.4. The summed E-state index contributed by atoms with van der Waals surface area (Å²) >= 11 is 0.230. The second-order valence-electron chi connectivity index (χ2n) is 10.5. The molecule has 0 saturated carbocycles. The molecule has 0 heterocycles. The molecule has 8 nitrogen and oxygen atoms in total. The third kappa shape index (κ3) is 50.1. The predicted octanol–water partition coefficient (Wildman–Crippen LogP) is 6.30. The Hall–Kier alpha value is -1.84. The Morgan fingerprint density at radius 3 is 0.930 bits per heavy atom. The SMILES string of the molecule is CCCCCCCCCCCCOC(=O)/C=C\C(=O)[O-].CCCCCCCCCCCCOC(=O)/C=C\C(=O)[O-].[CH3][Sn+2][CH3]. The minimum absolute atomic E-state index is 0.230. The molecule has 0 aliphatic rings.